The summed E-state index contributed by atoms with van der Waals surface area (Å²) in [4.78, 5) is 19.3. The fraction of sp³-hybridized carbons (Fsp3) is 0.368. The summed E-state index contributed by atoms with van der Waals surface area (Å²) in [6.45, 7) is 2.55. The molecule has 2 aromatic rings. The van der Waals surface area contributed by atoms with Gasteiger partial charge in [0.2, 0.25) is 0 Å². The summed E-state index contributed by atoms with van der Waals surface area (Å²) in [7, 11) is 3.11. The van der Waals surface area contributed by atoms with Crippen LogP contribution in [0.3, 0.4) is 0 Å². The van der Waals surface area contributed by atoms with Gasteiger partial charge in [-0.2, -0.15) is 0 Å². The van der Waals surface area contributed by atoms with Crippen LogP contribution in [-0.2, 0) is 6.54 Å². The molecule has 1 saturated heterocycles. The molecular weight excluding hydrogens is 318 g/mol. The predicted octanol–water partition coefficient (Wildman–Crippen LogP) is 2.63. The fourth-order valence-corrected chi connectivity index (χ4v) is 2.92. The molecule has 0 bridgehead atoms. The molecule has 6 nitrogen and oxygen atoms in total. The van der Waals surface area contributed by atoms with Crippen molar-refractivity contribution in [3.05, 3.63) is 47.7 Å². The average molecular weight is 341 g/mol. The molecule has 0 unspecified atom stereocenters. The summed E-state index contributed by atoms with van der Waals surface area (Å²) in [5.41, 5.74) is 1.40. The fourth-order valence-electron chi connectivity index (χ4n) is 2.92. The number of methoxy groups -OCH3 is 2. The molecule has 1 aromatic carbocycles. The van der Waals surface area contributed by atoms with Gasteiger partial charge in [-0.1, -0.05) is 6.07 Å². The number of nitrogens with zero attached hydrogens (tertiary/aromatic N) is 2. The molecule has 3 rings (SSSR count). The Morgan fingerprint density at radius 1 is 1.16 bits per heavy atom. The highest BCUT2D eigenvalue weighted by molar-refractivity contribution is 5.97. The normalized spacial score (nSPS) is 13.6. The van der Waals surface area contributed by atoms with Crippen molar-refractivity contribution in [2.75, 3.05) is 32.2 Å². The van der Waals surface area contributed by atoms with E-state index in [1.54, 1.807) is 32.4 Å². The Hall–Kier alpha value is -2.76. The van der Waals surface area contributed by atoms with E-state index in [9.17, 15) is 4.79 Å². The monoisotopic (exact) mass is 341 g/mol. The molecule has 1 aromatic heterocycles. The van der Waals surface area contributed by atoms with Gasteiger partial charge in [-0.3, -0.25) is 4.79 Å². The summed E-state index contributed by atoms with van der Waals surface area (Å²) in [6.07, 6.45) is 4.26. The molecule has 25 heavy (non-hydrogen) atoms. The third kappa shape index (κ3) is 4.02. The van der Waals surface area contributed by atoms with Crippen molar-refractivity contribution in [1.82, 2.24) is 10.3 Å². The number of hydrogen-bond acceptors (Lipinski definition) is 5. The van der Waals surface area contributed by atoms with Crippen LogP contribution in [0, 0.1) is 0 Å². The molecule has 1 fully saturated rings. The molecule has 2 heterocycles. The highest BCUT2D eigenvalue weighted by Gasteiger charge is 2.15. The number of carbonyl (C=O) groups is 1. The van der Waals surface area contributed by atoms with Crippen LogP contribution in [0.2, 0.25) is 0 Å². The van der Waals surface area contributed by atoms with E-state index in [1.165, 1.54) is 12.8 Å². The number of anilines is 1. The molecule has 1 N–H and O–H groups in total. The zero-order valence-electron chi connectivity index (χ0n) is 14.6. The van der Waals surface area contributed by atoms with Gasteiger partial charge >= 0.3 is 0 Å². The third-order valence-electron chi connectivity index (χ3n) is 4.34. The van der Waals surface area contributed by atoms with Gasteiger partial charge in [0.05, 0.1) is 19.8 Å². The number of ether oxygens (including phenoxy) is 2. The Morgan fingerprint density at radius 2 is 1.96 bits per heavy atom. The van der Waals surface area contributed by atoms with Gasteiger partial charge in [0, 0.05) is 25.8 Å². The number of nitrogens with one attached hydrogen (secondary N) is 1. The zero-order chi connectivity index (χ0) is 17.6. The van der Waals surface area contributed by atoms with Gasteiger partial charge in [0.1, 0.15) is 17.3 Å². The molecular formula is C19H23N3O3. The summed E-state index contributed by atoms with van der Waals surface area (Å²) < 4.78 is 10.4. The van der Waals surface area contributed by atoms with E-state index in [0.717, 1.165) is 24.5 Å². The van der Waals surface area contributed by atoms with Crippen LogP contribution >= 0.6 is 0 Å². The number of benzene rings is 1. The highest BCUT2D eigenvalue weighted by atomic mass is 16.5. The van der Waals surface area contributed by atoms with Crippen molar-refractivity contribution < 1.29 is 14.3 Å². The Bertz CT molecular complexity index is 725. The summed E-state index contributed by atoms with van der Waals surface area (Å²) in [5.74, 6) is 1.92. The Labute approximate surface area is 147 Å². The molecule has 132 valence electrons. The summed E-state index contributed by atoms with van der Waals surface area (Å²) in [6, 6.07) is 9.17. The smallest absolute Gasteiger partial charge is 0.255 e. The summed E-state index contributed by atoms with van der Waals surface area (Å²) >= 11 is 0. The first-order valence-corrected chi connectivity index (χ1v) is 8.41. The SMILES string of the molecule is COc1ccc(OC)c(C(=O)NCc2ccc(N3CCCC3)nc2)c1. The van der Waals surface area contributed by atoms with E-state index in [2.05, 4.69) is 15.2 Å². The maximum Gasteiger partial charge on any atom is 0.255 e. The highest BCUT2D eigenvalue weighted by Crippen LogP contribution is 2.24. The van der Waals surface area contributed by atoms with Gasteiger partial charge in [0.15, 0.2) is 0 Å². The minimum absolute atomic E-state index is 0.209. The summed E-state index contributed by atoms with van der Waals surface area (Å²) in [5, 5.41) is 2.90. The maximum absolute atomic E-state index is 12.5. The molecule has 0 spiro atoms. The van der Waals surface area contributed by atoms with E-state index in [0.29, 0.717) is 23.6 Å². The topological polar surface area (TPSA) is 63.7 Å². The lowest BCUT2D eigenvalue weighted by Gasteiger charge is -2.16. The lowest BCUT2D eigenvalue weighted by atomic mass is 10.1. The first-order valence-electron chi connectivity index (χ1n) is 8.41. The largest absolute Gasteiger partial charge is 0.497 e. The van der Waals surface area contributed by atoms with Crippen molar-refractivity contribution in [1.29, 1.82) is 0 Å². The predicted molar refractivity (Wildman–Crippen MR) is 96.4 cm³/mol. The molecule has 1 aliphatic rings. The zero-order valence-corrected chi connectivity index (χ0v) is 14.6. The molecule has 0 aliphatic carbocycles. The van der Waals surface area contributed by atoms with Gasteiger partial charge in [-0.25, -0.2) is 4.98 Å². The number of amides is 1. The minimum Gasteiger partial charge on any atom is -0.497 e. The first-order chi connectivity index (χ1) is 12.2. The number of hydrogen-bond donors (Lipinski definition) is 1. The molecule has 0 radical (unpaired) electrons. The molecule has 1 amide bonds. The van der Waals surface area contributed by atoms with Crippen LogP contribution in [0.5, 0.6) is 11.5 Å². The van der Waals surface area contributed by atoms with E-state index < -0.39 is 0 Å². The number of pyridine rings is 1. The molecule has 6 heteroatoms. The van der Waals surface area contributed by atoms with Crippen molar-refractivity contribution in [3.8, 4) is 11.5 Å². The van der Waals surface area contributed by atoms with Gasteiger partial charge in [-0.05, 0) is 42.7 Å². The second kappa shape index (κ2) is 7.88. The van der Waals surface area contributed by atoms with Gasteiger partial charge in [0.25, 0.3) is 5.91 Å². The van der Waals surface area contributed by atoms with Crippen LogP contribution < -0.4 is 19.7 Å². The molecule has 0 atom stereocenters. The standard InChI is InChI=1S/C19H23N3O3/c1-24-15-6-7-17(25-2)16(11-15)19(23)21-13-14-5-8-18(20-12-14)22-9-3-4-10-22/h5-8,11-12H,3-4,9-10,13H2,1-2H3,(H,21,23). The van der Waals surface area contributed by atoms with Gasteiger partial charge < -0.3 is 19.7 Å². The second-order valence-electron chi connectivity index (χ2n) is 5.97. The molecule has 1 aliphatic heterocycles. The van der Waals surface area contributed by atoms with E-state index >= 15 is 0 Å². The lowest BCUT2D eigenvalue weighted by Crippen LogP contribution is -2.24. The van der Waals surface area contributed by atoms with Crippen LogP contribution in [0.1, 0.15) is 28.8 Å². The Balaban J connectivity index is 1.64. The second-order valence-corrected chi connectivity index (χ2v) is 5.97. The van der Waals surface area contributed by atoms with Crippen LogP contribution in [0.25, 0.3) is 0 Å². The minimum atomic E-state index is -0.209. The maximum atomic E-state index is 12.5. The number of aromatic nitrogens is 1. The average Bonchev–Trinajstić information content (AvgIpc) is 3.20. The van der Waals surface area contributed by atoms with Crippen molar-refractivity contribution >= 4 is 11.7 Å². The van der Waals surface area contributed by atoms with Crippen LogP contribution in [0.4, 0.5) is 5.82 Å². The van der Waals surface area contributed by atoms with Crippen LogP contribution in [-0.4, -0.2) is 38.2 Å². The van der Waals surface area contributed by atoms with E-state index in [4.69, 9.17) is 9.47 Å². The van der Waals surface area contributed by atoms with E-state index in [1.807, 2.05) is 18.3 Å². The number of carbonyl (C=O) groups excluding carboxylic acids is 1. The number of rotatable bonds is 6. The lowest BCUT2D eigenvalue weighted by molar-refractivity contribution is 0.0947. The first kappa shape index (κ1) is 17.1. The third-order valence-corrected chi connectivity index (χ3v) is 4.34. The molecule has 0 saturated carbocycles. The van der Waals surface area contributed by atoms with Crippen molar-refractivity contribution in [3.63, 3.8) is 0 Å². The van der Waals surface area contributed by atoms with Gasteiger partial charge in [-0.15, -0.1) is 0 Å². The van der Waals surface area contributed by atoms with Crippen LogP contribution in [0.15, 0.2) is 36.5 Å². The Kier molecular flexibility index (Phi) is 5.38. The Morgan fingerprint density at radius 3 is 2.60 bits per heavy atom. The van der Waals surface area contributed by atoms with Crippen molar-refractivity contribution in [2.24, 2.45) is 0 Å². The van der Waals surface area contributed by atoms with Crippen molar-refractivity contribution in [2.45, 2.75) is 19.4 Å². The quantitative estimate of drug-likeness (QED) is 0.875. The van der Waals surface area contributed by atoms with E-state index in [-0.39, 0.29) is 5.91 Å².